The van der Waals surface area contributed by atoms with Crippen LogP contribution in [0.5, 0.6) is 0 Å². The molecule has 0 aromatic heterocycles. The van der Waals surface area contributed by atoms with Crippen molar-refractivity contribution >= 4 is 0 Å². The second-order valence-corrected chi connectivity index (χ2v) is 8.46. The summed E-state index contributed by atoms with van der Waals surface area (Å²) in [7, 11) is 0. The summed E-state index contributed by atoms with van der Waals surface area (Å²) in [5.41, 5.74) is 0.466. The van der Waals surface area contributed by atoms with Gasteiger partial charge in [-0.2, -0.15) is 0 Å². The molecule has 5 unspecified atom stereocenters. The molecule has 3 saturated carbocycles. The maximum Gasteiger partial charge on any atom is 0.0334 e. The van der Waals surface area contributed by atoms with E-state index >= 15 is 0 Å². The summed E-state index contributed by atoms with van der Waals surface area (Å²) in [6, 6.07) is 0.736. The van der Waals surface area contributed by atoms with E-state index in [1.807, 2.05) is 0 Å². The molecule has 4 rings (SSSR count). The molecule has 0 radical (unpaired) electrons. The molecule has 2 nitrogen and oxygen atoms in total. The molecular weight excluding hydrogens is 244 g/mol. The van der Waals surface area contributed by atoms with Crippen molar-refractivity contribution in [2.75, 3.05) is 19.6 Å². The van der Waals surface area contributed by atoms with Crippen LogP contribution in [0.2, 0.25) is 0 Å². The Morgan fingerprint density at radius 1 is 1.15 bits per heavy atom. The molecule has 5 atom stereocenters. The van der Waals surface area contributed by atoms with Crippen LogP contribution in [-0.2, 0) is 0 Å². The topological polar surface area (TPSA) is 15.3 Å². The van der Waals surface area contributed by atoms with Gasteiger partial charge in [-0.1, -0.05) is 13.3 Å². The van der Waals surface area contributed by atoms with Crippen LogP contribution in [0.3, 0.4) is 0 Å². The van der Waals surface area contributed by atoms with Crippen LogP contribution < -0.4 is 5.32 Å². The minimum atomic E-state index is 0.466. The molecule has 3 aliphatic carbocycles. The largest absolute Gasteiger partial charge is 0.311 e. The number of hydrogen-bond donors (Lipinski definition) is 1. The SMILES string of the molecule is CCC1CN(CC2CC3CCC2C3)C(C)(C2CC2)CN1. The Hall–Kier alpha value is -0.0800. The smallest absolute Gasteiger partial charge is 0.0334 e. The predicted molar refractivity (Wildman–Crippen MR) is 83.7 cm³/mol. The molecule has 20 heavy (non-hydrogen) atoms. The van der Waals surface area contributed by atoms with E-state index in [1.165, 1.54) is 38.9 Å². The van der Waals surface area contributed by atoms with Gasteiger partial charge in [-0.15, -0.1) is 0 Å². The summed E-state index contributed by atoms with van der Waals surface area (Å²) in [4.78, 5) is 2.93. The Morgan fingerprint density at radius 2 is 2.00 bits per heavy atom. The third kappa shape index (κ3) is 2.23. The van der Waals surface area contributed by atoms with Gasteiger partial charge in [0.15, 0.2) is 0 Å². The van der Waals surface area contributed by atoms with E-state index < -0.39 is 0 Å². The highest BCUT2D eigenvalue weighted by atomic mass is 15.3. The molecule has 1 heterocycles. The van der Waals surface area contributed by atoms with Crippen LogP contribution in [0.1, 0.15) is 58.8 Å². The number of hydrogen-bond acceptors (Lipinski definition) is 2. The van der Waals surface area contributed by atoms with Gasteiger partial charge in [-0.05, 0) is 69.1 Å². The van der Waals surface area contributed by atoms with Crippen molar-refractivity contribution < 1.29 is 0 Å². The normalized spacial score (nSPS) is 48.9. The first-order chi connectivity index (χ1) is 9.69. The third-order valence-electron chi connectivity index (χ3n) is 7.20. The van der Waals surface area contributed by atoms with E-state index in [1.54, 1.807) is 25.7 Å². The summed E-state index contributed by atoms with van der Waals surface area (Å²) in [5.74, 6) is 4.19. The fourth-order valence-corrected chi connectivity index (χ4v) is 5.55. The standard InChI is InChI=1S/C18H32N2/c1-3-17-11-20(18(2,12-19-17)16-6-7-16)10-15-9-13-4-5-14(15)8-13/h13-17,19H,3-12H2,1-2H3. The van der Waals surface area contributed by atoms with E-state index in [9.17, 15) is 0 Å². The molecule has 114 valence electrons. The molecule has 2 bridgehead atoms. The monoisotopic (exact) mass is 276 g/mol. The molecule has 0 spiro atoms. The second kappa shape index (κ2) is 4.98. The Kier molecular flexibility index (Phi) is 3.38. The molecule has 2 heteroatoms. The van der Waals surface area contributed by atoms with Crippen LogP contribution in [0.15, 0.2) is 0 Å². The third-order valence-corrected chi connectivity index (χ3v) is 7.20. The van der Waals surface area contributed by atoms with Crippen LogP contribution >= 0.6 is 0 Å². The van der Waals surface area contributed by atoms with Crippen molar-refractivity contribution in [2.24, 2.45) is 23.7 Å². The number of piperazine rings is 1. The highest BCUT2D eigenvalue weighted by Crippen LogP contribution is 2.50. The Morgan fingerprint density at radius 3 is 2.60 bits per heavy atom. The Bertz CT molecular complexity index is 364. The Balaban J connectivity index is 1.47. The van der Waals surface area contributed by atoms with Crippen LogP contribution in [0.4, 0.5) is 0 Å². The maximum absolute atomic E-state index is 3.83. The van der Waals surface area contributed by atoms with Crippen molar-refractivity contribution in [1.82, 2.24) is 10.2 Å². The van der Waals surface area contributed by atoms with Crippen molar-refractivity contribution in [3.8, 4) is 0 Å². The van der Waals surface area contributed by atoms with Crippen LogP contribution in [-0.4, -0.2) is 36.1 Å². The Labute approximate surface area is 124 Å². The number of fused-ring (bicyclic) bond motifs is 2. The first-order valence-electron chi connectivity index (χ1n) is 9.17. The summed E-state index contributed by atoms with van der Waals surface area (Å²) in [6.07, 6.45) is 10.4. The highest BCUT2D eigenvalue weighted by Gasteiger charge is 2.50. The second-order valence-electron chi connectivity index (χ2n) is 8.46. The molecule has 1 saturated heterocycles. The van der Waals surface area contributed by atoms with Crippen LogP contribution in [0, 0.1) is 23.7 Å². The number of nitrogens with zero attached hydrogens (tertiary/aromatic N) is 1. The van der Waals surface area contributed by atoms with Crippen molar-refractivity contribution in [1.29, 1.82) is 0 Å². The van der Waals surface area contributed by atoms with Crippen molar-refractivity contribution in [3.05, 3.63) is 0 Å². The van der Waals surface area contributed by atoms with E-state index in [-0.39, 0.29) is 0 Å². The van der Waals surface area contributed by atoms with E-state index in [0.717, 1.165) is 29.7 Å². The summed E-state index contributed by atoms with van der Waals surface area (Å²) in [6.45, 7) is 8.84. The lowest BCUT2D eigenvalue weighted by Crippen LogP contribution is -2.65. The summed E-state index contributed by atoms with van der Waals surface area (Å²) >= 11 is 0. The highest BCUT2D eigenvalue weighted by molar-refractivity contribution is 5.06. The minimum Gasteiger partial charge on any atom is -0.311 e. The number of rotatable bonds is 4. The molecule has 0 amide bonds. The van der Waals surface area contributed by atoms with Gasteiger partial charge in [0.2, 0.25) is 0 Å². The lowest BCUT2D eigenvalue weighted by molar-refractivity contribution is 0.0137. The molecule has 4 aliphatic rings. The molecular formula is C18H32N2. The zero-order valence-corrected chi connectivity index (χ0v) is 13.4. The van der Waals surface area contributed by atoms with Gasteiger partial charge < -0.3 is 5.32 Å². The van der Waals surface area contributed by atoms with E-state index in [0.29, 0.717) is 5.54 Å². The maximum atomic E-state index is 3.83. The first kappa shape index (κ1) is 13.6. The molecule has 0 aromatic rings. The van der Waals surface area contributed by atoms with E-state index in [4.69, 9.17) is 0 Å². The molecule has 1 aliphatic heterocycles. The average Bonchev–Trinajstić information content (AvgIpc) is 3.13. The lowest BCUT2D eigenvalue weighted by atomic mass is 9.84. The average molecular weight is 276 g/mol. The predicted octanol–water partition coefficient (Wildman–Crippen LogP) is 3.28. The minimum absolute atomic E-state index is 0.466. The molecule has 0 aromatic carbocycles. The van der Waals surface area contributed by atoms with E-state index in [2.05, 4.69) is 24.1 Å². The quantitative estimate of drug-likeness (QED) is 0.848. The van der Waals surface area contributed by atoms with Crippen LogP contribution in [0.25, 0.3) is 0 Å². The zero-order valence-electron chi connectivity index (χ0n) is 13.4. The lowest BCUT2D eigenvalue weighted by Gasteiger charge is -2.50. The summed E-state index contributed by atoms with van der Waals surface area (Å²) in [5, 5.41) is 3.83. The van der Waals surface area contributed by atoms with Gasteiger partial charge in [0.25, 0.3) is 0 Å². The van der Waals surface area contributed by atoms with Gasteiger partial charge in [-0.25, -0.2) is 0 Å². The van der Waals surface area contributed by atoms with Crippen molar-refractivity contribution in [3.63, 3.8) is 0 Å². The van der Waals surface area contributed by atoms with Crippen molar-refractivity contribution in [2.45, 2.75) is 70.4 Å². The first-order valence-corrected chi connectivity index (χ1v) is 9.17. The summed E-state index contributed by atoms with van der Waals surface area (Å²) < 4.78 is 0. The number of nitrogens with one attached hydrogen (secondary N) is 1. The zero-order chi connectivity index (χ0) is 13.7. The fourth-order valence-electron chi connectivity index (χ4n) is 5.55. The molecule has 1 N–H and O–H groups in total. The van der Waals surface area contributed by atoms with Gasteiger partial charge in [0, 0.05) is 31.2 Å². The molecule has 4 fully saturated rings. The van der Waals surface area contributed by atoms with Gasteiger partial charge in [-0.3, -0.25) is 4.90 Å². The van der Waals surface area contributed by atoms with Gasteiger partial charge >= 0.3 is 0 Å². The van der Waals surface area contributed by atoms with Gasteiger partial charge in [0.1, 0.15) is 0 Å². The fraction of sp³-hybridized carbons (Fsp3) is 1.00. The van der Waals surface area contributed by atoms with Gasteiger partial charge in [0.05, 0.1) is 0 Å².